The number of pyridine rings is 1. The Morgan fingerprint density at radius 2 is 1.37 bits per heavy atom. The molecule has 5 nitrogen and oxygen atoms in total. The first-order chi connectivity index (χ1) is 24.6. The van der Waals surface area contributed by atoms with Gasteiger partial charge in [-0.2, -0.15) is 0 Å². The number of benzene rings is 5. The van der Waals surface area contributed by atoms with Gasteiger partial charge in [0.05, 0.1) is 11.4 Å². The summed E-state index contributed by atoms with van der Waals surface area (Å²) in [5.74, 6) is 2.98. The van der Waals surface area contributed by atoms with Crippen molar-refractivity contribution in [1.29, 1.82) is 0 Å². The number of para-hydroxylation sites is 1. The second-order valence-corrected chi connectivity index (χ2v) is 15.2. The largest absolute Gasteiger partial charge is 0.467 e. The Kier molecular flexibility index (Phi) is 8.02. The summed E-state index contributed by atoms with van der Waals surface area (Å²) >= 11 is 0. The van der Waals surface area contributed by atoms with Crippen LogP contribution in [-0.2, 0) is 15.6 Å². The van der Waals surface area contributed by atoms with Gasteiger partial charge in [-0.25, -0.2) is 9.98 Å². The van der Waals surface area contributed by atoms with Gasteiger partial charge >= 0.3 is 0 Å². The fourth-order valence-electron chi connectivity index (χ4n) is 7.43. The zero-order valence-electron chi connectivity index (χ0n) is 30.1. The first kappa shape index (κ1) is 32.5. The molecule has 6 aromatic rings. The van der Waals surface area contributed by atoms with E-state index in [0.29, 0.717) is 5.90 Å². The van der Waals surface area contributed by atoms with Gasteiger partial charge in [-0.05, 0) is 88.2 Å². The Morgan fingerprint density at radius 1 is 0.686 bits per heavy atom. The maximum absolute atomic E-state index is 6.71. The molecule has 8 rings (SSSR count). The average molecular weight is 670 g/mol. The summed E-state index contributed by atoms with van der Waals surface area (Å²) < 4.78 is 13.4. The SMILES string of the molecule is Cc1cc(Oc2ccc3c(c2)N(c2cc(C(C)(C)C)ccn2)c2ccccc2C3(C)C)cc(C2=N[C@H](c3ccccc3)[C@@H](c3ccccc3)O2)c1. The number of hydrogen-bond donors (Lipinski definition) is 0. The van der Waals surface area contributed by atoms with E-state index in [1.165, 1.54) is 16.7 Å². The van der Waals surface area contributed by atoms with Crippen molar-refractivity contribution in [2.75, 3.05) is 4.90 Å². The predicted octanol–water partition coefficient (Wildman–Crippen LogP) is 11.8. The molecule has 0 unspecified atom stereocenters. The molecule has 0 saturated carbocycles. The molecule has 3 heterocycles. The zero-order valence-corrected chi connectivity index (χ0v) is 30.1. The van der Waals surface area contributed by atoms with Crippen molar-refractivity contribution in [3.63, 3.8) is 0 Å². The van der Waals surface area contributed by atoms with E-state index in [1.54, 1.807) is 0 Å². The number of aliphatic imine (C=N–C) groups is 1. The number of nitrogens with zero attached hydrogens (tertiary/aromatic N) is 3. The van der Waals surface area contributed by atoms with E-state index in [9.17, 15) is 0 Å². The van der Waals surface area contributed by atoms with Crippen LogP contribution in [0.2, 0.25) is 0 Å². The third-order valence-electron chi connectivity index (χ3n) is 10.1. The second-order valence-electron chi connectivity index (χ2n) is 15.2. The fourth-order valence-corrected chi connectivity index (χ4v) is 7.43. The third-order valence-corrected chi connectivity index (χ3v) is 10.1. The van der Waals surface area contributed by atoms with Crippen LogP contribution < -0.4 is 9.64 Å². The van der Waals surface area contributed by atoms with Crippen LogP contribution in [0.15, 0.2) is 145 Å². The minimum absolute atomic E-state index is 0.0154. The molecule has 2 aliphatic rings. The van der Waals surface area contributed by atoms with E-state index in [0.717, 1.165) is 50.9 Å². The number of aryl methyl sites for hydroxylation is 1. The van der Waals surface area contributed by atoms with Crippen LogP contribution in [0.5, 0.6) is 11.5 Å². The van der Waals surface area contributed by atoms with Crippen LogP contribution in [0.1, 0.15) is 85.7 Å². The molecular formula is C46H43N3O2. The second kappa shape index (κ2) is 12.6. The normalized spacial score (nSPS) is 17.6. The van der Waals surface area contributed by atoms with Gasteiger partial charge in [-0.3, -0.25) is 4.90 Å². The molecule has 0 radical (unpaired) electrons. The van der Waals surface area contributed by atoms with Gasteiger partial charge in [-0.1, -0.05) is 120 Å². The Bertz CT molecular complexity index is 2250. The first-order valence-corrected chi connectivity index (χ1v) is 17.7. The van der Waals surface area contributed by atoms with Gasteiger partial charge in [0, 0.05) is 23.2 Å². The minimum atomic E-state index is -0.225. The maximum Gasteiger partial charge on any atom is 0.217 e. The molecule has 0 amide bonds. The van der Waals surface area contributed by atoms with Crippen LogP contribution >= 0.6 is 0 Å². The molecule has 0 N–H and O–H groups in total. The van der Waals surface area contributed by atoms with Crippen molar-refractivity contribution in [2.45, 2.75) is 64.5 Å². The van der Waals surface area contributed by atoms with Gasteiger partial charge in [0.2, 0.25) is 5.90 Å². The molecule has 5 heteroatoms. The highest BCUT2D eigenvalue weighted by molar-refractivity contribution is 5.96. The van der Waals surface area contributed by atoms with E-state index in [4.69, 9.17) is 19.5 Å². The van der Waals surface area contributed by atoms with Gasteiger partial charge in [0.25, 0.3) is 0 Å². The molecule has 5 aromatic carbocycles. The number of fused-ring (bicyclic) bond motifs is 2. The average Bonchev–Trinajstić information content (AvgIpc) is 3.58. The summed E-state index contributed by atoms with van der Waals surface area (Å²) in [6, 6.07) is 46.2. The number of aromatic nitrogens is 1. The van der Waals surface area contributed by atoms with E-state index in [-0.39, 0.29) is 23.0 Å². The first-order valence-electron chi connectivity index (χ1n) is 17.7. The smallest absolute Gasteiger partial charge is 0.217 e. The topological polar surface area (TPSA) is 47.0 Å². The lowest BCUT2D eigenvalue weighted by Gasteiger charge is -2.41. The van der Waals surface area contributed by atoms with Crippen molar-refractivity contribution in [1.82, 2.24) is 4.98 Å². The fraction of sp³-hybridized carbons (Fsp3) is 0.217. The van der Waals surface area contributed by atoms with Crippen LogP contribution in [0, 0.1) is 6.92 Å². The summed E-state index contributed by atoms with van der Waals surface area (Å²) in [6.07, 6.45) is 1.70. The zero-order chi connectivity index (χ0) is 35.3. The lowest BCUT2D eigenvalue weighted by molar-refractivity contribution is 0.197. The van der Waals surface area contributed by atoms with Gasteiger partial charge in [0.15, 0.2) is 6.10 Å². The molecule has 0 fully saturated rings. The van der Waals surface area contributed by atoms with Gasteiger partial charge in [0.1, 0.15) is 23.4 Å². The Balaban J connectivity index is 1.17. The maximum atomic E-state index is 6.71. The molecular weight excluding hydrogens is 627 g/mol. The van der Waals surface area contributed by atoms with Crippen molar-refractivity contribution in [3.8, 4) is 11.5 Å². The minimum Gasteiger partial charge on any atom is -0.467 e. The van der Waals surface area contributed by atoms with E-state index in [1.807, 2.05) is 36.5 Å². The van der Waals surface area contributed by atoms with Crippen molar-refractivity contribution >= 4 is 23.1 Å². The van der Waals surface area contributed by atoms with Gasteiger partial charge < -0.3 is 9.47 Å². The lowest BCUT2D eigenvalue weighted by Crippen LogP contribution is -2.31. The molecule has 1 aromatic heterocycles. The molecule has 254 valence electrons. The standard InChI is InChI=1S/C46H43N3O2/c1-30-25-33(44-48-42(31-15-9-7-10-16-31)43(51-44)32-17-11-8-12-18-32)27-36(26-30)50-35-21-22-38-40(29-35)49(39-20-14-13-19-37(39)46(38,5)6)41-28-34(23-24-47-41)45(2,3)4/h7-29,42-43H,1-6H3/t42-,43-/m1/s1. The quantitative estimate of drug-likeness (QED) is 0.177. The Labute approximate surface area is 301 Å². The highest BCUT2D eigenvalue weighted by atomic mass is 16.5. The van der Waals surface area contributed by atoms with E-state index in [2.05, 4.69) is 150 Å². The van der Waals surface area contributed by atoms with Crippen LogP contribution in [0.4, 0.5) is 17.2 Å². The monoisotopic (exact) mass is 669 g/mol. The summed E-state index contributed by atoms with van der Waals surface area (Å²) in [5, 5.41) is 0. The van der Waals surface area contributed by atoms with E-state index >= 15 is 0 Å². The molecule has 0 saturated heterocycles. The Morgan fingerprint density at radius 3 is 2.12 bits per heavy atom. The van der Waals surface area contributed by atoms with Gasteiger partial charge in [-0.15, -0.1) is 0 Å². The van der Waals surface area contributed by atoms with Crippen molar-refractivity contribution < 1.29 is 9.47 Å². The van der Waals surface area contributed by atoms with Crippen LogP contribution in [0.3, 0.4) is 0 Å². The highest BCUT2D eigenvalue weighted by Gasteiger charge is 2.38. The van der Waals surface area contributed by atoms with E-state index < -0.39 is 0 Å². The molecule has 2 aliphatic heterocycles. The summed E-state index contributed by atoms with van der Waals surface area (Å²) in [5.41, 5.74) is 9.83. The predicted molar refractivity (Wildman–Crippen MR) is 207 cm³/mol. The third kappa shape index (κ3) is 6.07. The Hall–Kier alpha value is -5.68. The molecule has 0 aliphatic carbocycles. The molecule has 51 heavy (non-hydrogen) atoms. The molecule has 0 spiro atoms. The lowest BCUT2D eigenvalue weighted by atomic mass is 9.73. The number of hydrogen-bond acceptors (Lipinski definition) is 5. The number of rotatable bonds is 6. The van der Waals surface area contributed by atoms with Crippen LogP contribution in [0.25, 0.3) is 0 Å². The van der Waals surface area contributed by atoms with Crippen molar-refractivity contribution in [2.24, 2.45) is 4.99 Å². The summed E-state index contributed by atoms with van der Waals surface area (Å²) in [4.78, 5) is 12.4. The molecule has 2 atom stereocenters. The summed E-state index contributed by atoms with van der Waals surface area (Å²) in [6.45, 7) is 13.4. The highest BCUT2D eigenvalue weighted by Crippen LogP contribution is 2.52. The van der Waals surface area contributed by atoms with Crippen LogP contribution in [-0.4, -0.2) is 10.9 Å². The number of ether oxygens (including phenoxy) is 2. The number of anilines is 3. The van der Waals surface area contributed by atoms with Crippen molar-refractivity contribution in [3.05, 3.63) is 179 Å². The molecule has 0 bridgehead atoms. The summed E-state index contributed by atoms with van der Waals surface area (Å²) in [7, 11) is 0.